The van der Waals surface area contributed by atoms with Crippen molar-refractivity contribution in [3.63, 3.8) is 0 Å². The maximum atomic E-state index is 11.5. The molecular formula is C16H12ClN3O3. The smallest absolute Gasteiger partial charge is 0.338 e. The summed E-state index contributed by atoms with van der Waals surface area (Å²) in [6, 6.07) is 9.54. The highest BCUT2D eigenvalue weighted by Gasteiger charge is 2.12. The van der Waals surface area contributed by atoms with E-state index in [1.165, 1.54) is 16.9 Å². The topological polar surface area (TPSA) is 77.2 Å². The van der Waals surface area contributed by atoms with Crippen LogP contribution < -0.4 is 4.74 Å². The molecule has 116 valence electrons. The van der Waals surface area contributed by atoms with E-state index in [1.54, 1.807) is 31.2 Å². The van der Waals surface area contributed by atoms with Crippen LogP contribution in [-0.4, -0.2) is 26.1 Å². The van der Waals surface area contributed by atoms with Crippen molar-refractivity contribution in [1.29, 1.82) is 0 Å². The van der Waals surface area contributed by atoms with Crippen molar-refractivity contribution >= 4 is 28.6 Å². The van der Waals surface area contributed by atoms with Crippen LogP contribution in [0.1, 0.15) is 6.92 Å². The summed E-state index contributed by atoms with van der Waals surface area (Å²) in [5, 5.41) is 19.2. The zero-order valence-corrected chi connectivity index (χ0v) is 12.9. The van der Waals surface area contributed by atoms with Crippen molar-refractivity contribution in [3.8, 4) is 17.2 Å². The van der Waals surface area contributed by atoms with Crippen molar-refractivity contribution < 1.29 is 14.6 Å². The number of phenolic OH excluding ortho intramolecular Hbond substituents is 1. The minimum Gasteiger partial charge on any atom is -0.505 e. The van der Waals surface area contributed by atoms with Crippen molar-refractivity contribution in [2.24, 2.45) is 0 Å². The minimum absolute atomic E-state index is 0.122. The zero-order chi connectivity index (χ0) is 16.6. The Hall–Kier alpha value is -2.86. The summed E-state index contributed by atoms with van der Waals surface area (Å²) >= 11 is 5.92. The number of ether oxygens (including phenoxy) is 1. The van der Waals surface area contributed by atoms with Gasteiger partial charge in [-0.05, 0) is 37.3 Å². The number of aromatic nitrogens is 3. The molecule has 23 heavy (non-hydrogen) atoms. The van der Waals surface area contributed by atoms with Crippen LogP contribution in [0.3, 0.4) is 0 Å². The van der Waals surface area contributed by atoms with Gasteiger partial charge in [0.1, 0.15) is 28.2 Å². The van der Waals surface area contributed by atoms with Crippen LogP contribution in [0.5, 0.6) is 11.5 Å². The lowest BCUT2D eigenvalue weighted by Gasteiger charge is -2.07. The molecule has 0 saturated carbocycles. The Morgan fingerprint density at radius 2 is 1.96 bits per heavy atom. The summed E-state index contributed by atoms with van der Waals surface area (Å²) in [6.45, 7) is 5.04. The summed E-state index contributed by atoms with van der Waals surface area (Å²) < 4.78 is 5.06. The summed E-state index contributed by atoms with van der Waals surface area (Å²) in [5.74, 6) is -0.475. The van der Waals surface area contributed by atoms with Crippen molar-refractivity contribution in [1.82, 2.24) is 15.0 Å². The molecule has 0 amide bonds. The summed E-state index contributed by atoms with van der Waals surface area (Å²) in [5.41, 5.74) is 1.87. The van der Waals surface area contributed by atoms with Gasteiger partial charge in [0.15, 0.2) is 0 Å². The second-order valence-electron chi connectivity index (χ2n) is 4.94. The van der Waals surface area contributed by atoms with Gasteiger partial charge in [0, 0.05) is 16.7 Å². The Morgan fingerprint density at radius 3 is 2.65 bits per heavy atom. The van der Waals surface area contributed by atoms with Crippen LogP contribution in [0.4, 0.5) is 0 Å². The SMILES string of the molecule is C=C(C)C(=O)Oc1ccc(-n2nc3ccc(Cl)cc3n2)c(O)c1. The number of esters is 1. The number of fused-ring (bicyclic) bond motifs is 1. The number of halogens is 1. The standard InChI is InChI=1S/C16H12ClN3O3/c1-9(2)16(22)23-11-4-6-14(15(21)8-11)20-18-12-5-3-10(17)7-13(12)19-20/h3-8,21H,1H2,2H3. The first-order valence-corrected chi connectivity index (χ1v) is 7.05. The lowest BCUT2D eigenvalue weighted by molar-refractivity contribution is -0.130. The first-order chi connectivity index (χ1) is 10.9. The van der Waals surface area contributed by atoms with E-state index in [9.17, 15) is 9.90 Å². The molecular weight excluding hydrogens is 318 g/mol. The number of nitrogens with zero attached hydrogens (tertiary/aromatic N) is 3. The fourth-order valence-corrected chi connectivity index (χ4v) is 2.09. The summed E-state index contributed by atoms with van der Waals surface area (Å²) in [7, 11) is 0. The van der Waals surface area contributed by atoms with E-state index in [4.69, 9.17) is 16.3 Å². The van der Waals surface area contributed by atoms with Gasteiger partial charge in [0.25, 0.3) is 0 Å². The van der Waals surface area contributed by atoms with Gasteiger partial charge in [-0.15, -0.1) is 15.0 Å². The van der Waals surface area contributed by atoms with Crippen molar-refractivity contribution in [3.05, 3.63) is 53.6 Å². The van der Waals surface area contributed by atoms with Gasteiger partial charge in [-0.2, -0.15) is 0 Å². The Balaban J connectivity index is 1.96. The number of carbonyl (C=O) groups is 1. The van der Waals surface area contributed by atoms with E-state index in [1.807, 2.05) is 0 Å². The van der Waals surface area contributed by atoms with Crippen LogP contribution in [0.15, 0.2) is 48.6 Å². The number of benzene rings is 2. The third-order valence-corrected chi connectivity index (χ3v) is 3.30. The molecule has 0 aliphatic heterocycles. The summed E-state index contributed by atoms with van der Waals surface area (Å²) in [6.07, 6.45) is 0. The number of hydrogen-bond donors (Lipinski definition) is 1. The highest BCUT2D eigenvalue weighted by Crippen LogP contribution is 2.27. The quantitative estimate of drug-likeness (QED) is 0.453. The molecule has 0 fully saturated rings. The Morgan fingerprint density at radius 1 is 1.22 bits per heavy atom. The van der Waals surface area contributed by atoms with Gasteiger partial charge in [-0.3, -0.25) is 0 Å². The predicted octanol–water partition coefficient (Wildman–Crippen LogP) is 3.26. The second-order valence-corrected chi connectivity index (χ2v) is 5.38. The fraction of sp³-hybridized carbons (Fsp3) is 0.0625. The molecule has 0 atom stereocenters. The molecule has 2 aromatic carbocycles. The molecule has 7 heteroatoms. The molecule has 0 radical (unpaired) electrons. The molecule has 0 unspecified atom stereocenters. The van der Waals surface area contributed by atoms with E-state index in [2.05, 4.69) is 16.8 Å². The average molecular weight is 330 g/mol. The van der Waals surface area contributed by atoms with Crippen LogP contribution in [0.2, 0.25) is 5.02 Å². The van der Waals surface area contributed by atoms with Crippen molar-refractivity contribution in [2.75, 3.05) is 0 Å². The zero-order valence-electron chi connectivity index (χ0n) is 12.2. The molecule has 0 aliphatic rings. The molecule has 0 bridgehead atoms. The number of rotatable bonds is 3. The molecule has 0 aliphatic carbocycles. The van der Waals surface area contributed by atoms with Crippen LogP contribution in [0.25, 0.3) is 16.7 Å². The molecule has 1 N–H and O–H groups in total. The Kier molecular flexibility index (Phi) is 3.75. The average Bonchev–Trinajstić information content (AvgIpc) is 2.89. The highest BCUT2D eigenvalue weighted by molar-refractivity contribution is 6.31. The molecule has 3 aromatic rings. The molecule has 0 spiro atoms. The normalized spacial score (nSPS) is 10.7. The first kappa shape index (κ1) is 15.1. The van der Waals surface area contributed by atoms with E-state index >= 15 is 0 Å². The minimum atomic E-state index is -0.560. The number of aromatic hydroxyl groups is 1. The fourth-order valence-electron chi connectivity index (χ4n) is 1.93. The molecule has 1 heterocycles. The number of hydrogen-bond acceptors (Lipinski definition) is 5. The van der Waals surface area contributed by atoms with E-state index in [0.29, 0.717) is 21.7 Å². The number of phenols is 1. The second kappa shape index (κ2) is 5.73. The molecule has 0 saturated heterocycles. The highest BCUT2D eigenvalue weighted by atomic mass is 35.5. The van der Waals surface area contributed by atoms with E-state index in [0.717, 1.165) is 0 Å². The molecule has 3 rings (SSSR count). The van der Waals surface area contributed by atoms with Gasteiger partial charge >= 0.3 is 5.97 Å². The number of carbonyl (C=O) groups excluding carboxylic acids is 1. The van der Waals surface area contributed by atoms with Gasteiger partial charge in [-0.25, -0.2) is 4.79 Å². The van der Waals surface area contributed by atoms with Gasteiger partial charge < -0.3 is 9.84 Å². The molecule has 1 aromatic heterocycles. The van der Waals surface area contributed by atoms with Crippen LogP contribution in [-0.2, 0) is 4.79 Å². The van der Waals surface area contributed by atoms with Crippen LogP contribution in [0, 0.1) is 0 Å². The lowest BCUT2D eigenvalue weighted by Crippen LogP contribution is -2.08. The van der Waals surface area contributed by atoms with Crippen LogP contribution >= 0.6 is 11.6 Å². The first-order valence-electron chi connectivity index (χ1n) is 6.68. The maximum Gasteiger partial charge on any atom is 0.338 e. The predicted molar refractivity (Wildman–Crippen MR) is 86.0 cm³/mol. The maximum absolute atomic E-state index is 11.5. The van der Waals surface area contributed by atoms with E-state index < -0.39 is 5.97 Å². The summed E-state index contributed by atoms with van der Waals surface area (Å²) in [4.78, 5) is 12.8. The third-order valence-electron chi connectivity index (χ3n) is 3.06. The molecule has 6 nitrogen and oxygen atoms in total. The van der Waals surface area contributed by atoms with Crippen molar-refractivity contribution in [2.45, 2.75) is 6.92 Å². The van der Waals surface area contributed by atoms with E-state index in [-0.39, 0.29) is 17.1 Å². The lowest BCUT2D eigenvalue weighted by atomic mass is 10.3. The Bertz CT molecular complexity index is 933. The van der Waals surface area contributed by atoms with Gasteiger partial charge in [0.05, 0.1) is 0 Å². The Labute approximate surface area is 136 Å². The van der Waals surface area contributed by atoms with Gasteiger partial charge in [-0.1, -0.05) is 18.2 Å². The largest absolute Gasteiger partial charge is 0.505 e. The van der Waals surface area contributed by atoms with Gasteiger partial charge in [0.2, 0.25) is 0 Å². The third kappa shape index (κ3) is 3.02. The monoisotopic (exact) mass is 329 g/mol.